The normalized spacial score (nSPS) is 27.3. The van der Waals surface area contributed by atoms with Crippen LogP contribution < -0.4 is 10.2 Å². The summed E-state index contributed by atoms with van der Waals surface area (Å²) < 4.78 is 7.17. The smallest absolute Gasteiger partial charge is 0.0779 e. The minimum absolute atomic E-state index is 0.349. The summed E-state index contributed by atoms with van der Waals surface area (Å²) in [6.45, 7) is 4.08. The molecule has 21 heavy (non-hydrogen) atoms. The van der Waals surface area contributed by atoms with E-state index in [1.165, 1.54) is 36.9 Å². The van der Waals surface area contributed by atoms with E-state index in [2.05, 4.69) is 51.3 Å². The Hall–Kier alpha value is -0.580. The summed E-state index contributed by atoms with van der Waals surface area (Å²) in [6, 6.07) is 7.58. The van der Waals surface area contributed by atoms with E-state index in [4.69, 9.17) is 4.74 Å². The minimum Gasteiger partial charge on any atom is -0.374 e. The number of morpholine rings is 1. The van der Waals surface area contributed by atoms with Gasteiger partial charge in [-0.3, -0.25) is 0 Å². The van der Waals surface area contributed by atoms with Gasteiger partial charge in [0.05, 0.1) is 18.8 Å². The first-order chi connectivity index (χ1) is 10.2. The molecule has 1 saturated carbocycles. The fraction of sp³-hybridized carbons (Fsp3) is 0.647. The van der Waals surface area contributed by atoms with E-state index in [-0.39, 0.29) is 0 Å². The molecule has 0 spiro atoms. The highest BCUT2D eigenvalue weighted by molar-refractivity contribution is 9.10. The molecular weight excluding hydrogens is 328 g/mol. The van der Waals surface area contributed by atoms with E-state index in [0.717, 1.165) is 17.6 Å². The number of nitrogens with one attached hydrogen (secondary N) is 1. The third kappa shape index (κ3) is 3.13. The van der Waals surface area contributed by atoms with Crippen LogP contribution in [0.5, 0.6) is 0 Å². The van der Waals surface area contributed by atoms with Crippen LogP contribution in [0.25, 0.3) is 0 Å². The zero-order valence-corrected chi connectivity index (χ0v) is 14.5. The quantitative estimate of drug-likeness (QED) is 0.893. The van der Waals surface area contributed by atoms with Crippen molar-refractivity contribution < 1.29 is 4.74 Å². The number of fused-ring (bicyclic) bond motifs is 1. The van der Waals surface area contributed by atoms with Gasteiger partial charge in [0.15, 0.2) is 0 Å². The average Bonchev–Trinajstić information content (AvgIpc) is 2.53. The van der Waals surface area contributed by atoms with E-state index in [9.17, 15) is 0 Å². The van der Waals surface area contributed by atoms with Crippen LogP contribution in [0.4, 0.5) is 5.69 Å². The summed E-state index contributed by atoms with van der Waals surface area (Å²) in [7, 11) is 2.03. The Morgan fingerprint density at radius 2 is 2.14 bits per heavy atom. The molecule has 1 aromatic carbocycles. The van der Waals surface area contributed by atoms with E-state index in [0.29, 0.717) is 18.2 Å². The molecule has 2 aliphatic rings. The van der Waals surface area contributed by atoms with Gasteiger partial charge in [0.25, 0.3) is 0 Å². The summed E-state index contributed by atoms with van der Waals surface area (Å²) in [5, 5.41) is 3.38. The first-order valence-corrected chi connectivity index (χ1v) is 8.85. The Kier molecular flexibility index (Phi) is 4.87. The van der Waals surface area contributed by atoms with Crippen LogP contribution in [0.15, 0.2) is 22.7 Å². The molecule has 0 aromatic heterocycles. The second-order valence-corrected chi connectivity index (χ2v) is 7.08. The molecule has 3 unspecified atom stereocenters. The van der Waals surface area contributed by atoms with Crippen LogP contribution in [0.2, 0.25) is 0 Å². The zero-order chi connectivity index (χ0) is 14.8. The monoisotopic (exact) mass is 352 g/mol. The van der Waals surface area contributed by atoms with Gasteiger partial charge in [-0.15, -0.1) is 0 Å². The highest BCUT2D eigenvalue weighted by Gasteiger charge is 2.35. The minimum atomic E-state index is 0.349. The highest BCUT2D eigenvalue weighted by Crippen LogP contribution is 2.36. The fourth-order valence-electron chi connectivity index (χ4n) is 3.68. The van der Waals surface area contributed by atoms with Gasteiger partial charge in [0.1, 0.15) is 0 Å². The molecule has 2 fully saturated rings. The lowest BCUT2D eigenvalue weighted by Crippen LogP contribution is -2.53. The number of hydrogen-bond acceptors (Lipinski definition) is 3. The van der Waals surface area contributed by atoms with Crippen LogP contribution in [0, 0.1) is 0 Å². The van der Waals surface area contributed by atoms with Gasteiger partial charge in [-0.2, -0.15) is 0 Å². The number of nitrogens with zero attached hydrogens (tertiary/aromatic N) is 1. The van der Waals surface area contributed by atoms with Crippen LogP contribution in [-0.4, -0.2) is 32.3 Å². The van der Waals surface area contributed by atoms with Gasteiger partial charge < -0.3 is 15.0 Å². The Bertz CT molecular complexity index is 492. The molecule has 1 aliphatic carbocycles. The van der Waals surface area contributed by atoms with Crippen molar-refractivity contribution >= 4 is 21.6 Å². The molecule has 0 amide bonds. The maximum absolute atomic E-state index is 6.02. The van der Waals surface area contributed by atoms with E-state index >= 15 is 0 Å². The fourth-order valence-corrected chi connectivity index (χ4v) is 4.06. The van der Waals surface area contributed by atoms with Crippen molar-refractivity contribution in [1.29, 1.82) is 0 Å². The van der Waals surface area contributed by atoms with E-state index < -0.39 is 0 Å². The average molecular weight is 353 g/mol. The molecule has 4 heteroatoms. The third-order valence-electron chi connectivity index (χ3n) is 4.93. The van der Waals surface area contributed by atoms with Gasteiger partial charge in [-0.05, 0) is 50.6 Å². The third-order valence-corrected chi connectivity index (χ3v) is 5.42. The highest BCUT2D eigenvalue weighted by atomic mass is 79.9. The second kappa shape index (κ2) is 6.67. The first-order valence-electron chi connectivity index (χ1n) is 8.05. The Morgan fingerprint density at radius 1 is 1.33 bits per heavy atom. The van der Waals surface area contributed by atoms with Crippen LogP contribution in [0.1, 0.15) is 44.2 Å². The molecule has 1 aromatic rings. The van der Waals surface area contributed by atoms with Crippen LogP contribution in [0.3, 0.4) is 0 Å². The summed E-state index contributed by atoms with van der Waals surface area (Å²) in [5.74, 6) is 0. The number of rotatable bonds is 3. The maximum Gasteiger partial charge on any atom is 0.0779 e. The molecule has 1 saturated heterocycles. The van der Waals surface area contributed by atoms with Crippen molar-refractivity contribution in [1.82, 2.24) is 5.32 Å². The Balaban J connectivity index is 1.94. The lowest BCUT2D eigenvalue weighted by molar-refractivity contribution is -0.00876. The van der Waals surface area contributed by atoms with Gasteiger partial charge >= 0.3 is 0 Å². The second-order valence-electron chi connectivity index (χ2n) is 6.17. The molecule has 3 nitrogen and oxygen atoms in total. The van der Waals surface area contributed by atoms with Crippen molar-refractivity contribution in [3.8, 4) is 0 Å². The van der Waals surface area contributed by atoms with Crippen molar-refractivity contribution in [2.45, 2.75) is 50.8 Å². The lowest BCUT2D eigenvalue weighted by atomic mass is 9.89. The largest absolute Gasteiger partial charge is 0.374 e. The van der Waals surface area contributed by atoms with Gasteiger partial charge in [0, 0.05) is 22.7 Å². The molecular formula is C17H25BrN2O. The van der Waals surface area contributed by atoms with Gasteiger partial charge in [-0.1, -0.05) is 28.8 Å². The number of ether oxygens (including phenoxy) is 1. The van der Waals surface area contributed by atoms with Crippen molar-refractivity contribution in [2.24, 2.45) is 0 Å². The predicted molar refractivity (Wildman–Crippen MR) is 91.0 cm³/mol. The number of anilines is 1. The number of halogens is 1. The standard InChI is InChI=1S/C17H25BrN2O/c1-12(19-2)14-11-13(18)7-8-15(14)20-9-10-21-17-6-4-3-5-16(17)20/h7-8,11-12,16-17,19H,3-6,9-10H2,1-2H3. The molecule has 1 aliphatic heterocycles. The molecule has 3 rings (SSSR count). The van der Waals surface area contributed by atoms with Gasteiger partial charge in [-0.25, -0.2) is 0 Å². The topological polar surface area (TPSA) is 24.5 Å². The molecule has 1 heterocycles. The van der Waals surface area contributed by atoms with E-state index in [1.807, 2.05) is 7.05 Å². The summed E-state index contributed by atoms with van der Waals surface area (Å²) in [4.78, 5) is 2.60. The number of hydrogen-bond donors (Lipinski definition) is 1. The molecule has 116 valence electrons. The molecule has 0 bridgehead atoms. The number of benzene rings is 1. The Labute approximate surface area is 136 Å². The summed E-state index contributed by atoms with van der Waals surface area (Å²) in [5.41, 5.74) is 2.75. The van der Waals surface area contributed by atoms with Crippen LogP contribution in [-0.2, 0) is 4.74 Å². The van der Waals surface area contributed by atoms with Crippen molar-refractivity contribution in [3.63, 3.8) is 0 Å². The van der Waals surface area contributed by atoms with Crippen molar-refractivity contribution in [2.75, 3.05) is 25.1 Å². The van der Waals surface area contributed by atoms with Crippen molar-refractivity contribution in [3.05, 3.63) is 28.2 Å². The first kappa shape index (κ1) is 15.3. The van der Waals surface area contributed by atoms with E-state index in [1.54, 1.807) is 0 Å². The molecule has 1 N–H and O–H groups in total. The lowest BCUT2D eigenvalue weighted by Gasteiger charge is -2.46. The summed E-state index contributed by atoms with van der Waals surface area (Å²) in [6.07, 6.45) is 5.54. The SMILES string of the molecule is CNC(C)c1cc(Br)ccc1N1CCOC2CCCCC21. The molecule has 0 radical (unpaired) electrons. The molecule has 3 atom stereocenters. The Morgan fingerprint density at radius 3 is 2.95 bits per heavy atom. The predicted octanol–water partition coefficient (Wildman–Crippen LogP) is 3.88. The zero-order valence-electron chi connectivity index (χ0n) is 12.9. The van der Waals surface area contributed by atoms with Crippen LogP contribution >= 0.6 is 15.9 Å². The maximum atomic E-state index is 6.02. The summed E-state index contributed by atoms with van der Waals surface area (Å²) >= 11 is 3.62. The van der Waals surface area contributed by atoms with Gasteiger partial charge in [0.2, 0.25) is 0 Å².